The number of carbonyl (C=O) groups is 1. The highest BCUT2D eigenvalue weighted by Crippen LogP contribution is 2.02. The van der Waals surface area contributed by atoms with Crippen molar-refractivity contribution < 1.29 is 4.79 Å². The fourth-order valence-electron chi connectivity index (χ4n) is 2.10. The molecule has 0 saturated heterocycles. The Hall–Kier alpha value is -1.52. The molecule has 1 atom stereocenters. The third kappa shape index (κ3) is 11.7. The van der Waals surface area contributed by atoms with E-state index in [1.165, 1.54) is 12.8 Å². The van der Waals surface area contributed by atoms with Crippen molar-refractivity contribution in [3.63, 3.8) is 0 Å². The number of amides is 1. The molecule has 0 aromatic carbocycles. The second kappa shape index (κ2) is 14.1. The van der Waals surface area contributed by atoms with Gasteiger partial charge < -0.3 is 15.5 Å². The van der Waals surface area contributed by atoms with Crippen molar-refractivity contribution >= 4 is 11.9 Å². The second-order valence-electron chi connectivity index (χ2n) is 5.92. The van der Waals surface area contributed by atoms with E-state index in [1.807, 2.05) is 20.0 Å². The van der Waals surface area contributed by atoms with Crippen molar-refractivity contribution in [3.8, 4) is 0 Å². The van der Waals surface area contributed by atoms with Crippen LogP contribution in [0.5, 0.6) is 0 Å². The number of nitrogens with zero attached hydrogens (tertiary/aromatic N) is 2. The number of allylic oxidation sites excluding steroid dienone is 1. The number of hydrogen-bond acceptors (Lipinski definition) is 2. The molecule has 0 fully saturated rings. The third-order valence-corrected chi connectivity index (χ3v) is 3.72. The maximum Gasteiger partial charge on any atom is 0.222 e. The maximum atomic E-state index is 11.8. The first kappa shape index (κ1) is 21.5. The topological polar surface area (TPSA) is 56.7 Å². The Labute approximate surface area is 142 Å². The molecule has 23 heavy (non-hydrogen) atoms. The SMILES string of the molecule is C=CCCCCCN(C)C(=NCCC(=O)NC(C)CC)NCC. The minimum absolute atomic E-state index is 0.0750. The first-order valence-electron chi connectivity index (χ1n) is 8.94. The van der Waals surface area contributed by atoms with Gasteiger partial charge in [-0.25, -0.2) is 0 Å². The van der Waals surface area contributed by atoms with Crippen LogP contribution in [0.2, 0.25) is 0 Å². The standard InChI is InChI=1S/C18H36N4O/c1-6-9-10-11-12-15-22(5)18(19-8-3)20-14-13-17(23)21-16(4)7-2/h6,16H,1,7-15H2,2-5H3,(H,19,20)(H,21,23). The molecule has 0 radical (unpaired) electrons. The molecule has 0 aromatic heterocycles. The molecule has 0 rings (SSSR count). The van der Waals surface area contributed by atoms with Crippen LogP contribution in [0, 0.1) is 0 Å². The van der Waals surface area contributed by atoms with Gasteiger partial charge in [0.25, 0.3) is 0 Å². The third-order valence-electron chi connectivity index (χ3n) is 3.72. The van der Waals surface area contributed by atoms with Crippen molar-refractivity contribution in [1.29, 1.82) is 0 Å². The van der Waals surface area contributed by atoms with Gasteiger partial charge in [0.15, 0.2) is 5.96 Å². The van der Waals surface area contributed by atoms with Gasteiger partial charge in [-0.15, -0.1) is 6.58 Å². The summed E-state index contributed by atoms with van der Waals surface area (Å²) >= 11 is 0. The van der Waals surface area contributed by atoms with Crippen LogP contribution in [0.15, 0.2) is 17.6 Å². The zero-order chi connectivity index (χ0) is 17.5. The highest BCUT2D eigenvalue weighted by molar-refractivity contribution is 5.80. The van der Waals surface area contributed by atoms with Gasteiger partial charge in [-0.3, -0.25) is 9.79 Å². The number of aliphatic imine (C=N–C) groups is 1. The summed E-state index contributed by atoms with van der Waals surface area (Å²) in [5, 5.41) is 6.26. The predicted octanol–water partition coefficient (Wildman–Crippen LogP) is 2.93. The molecule has 134 valence electrons. The fourth-order valence-corrected chi connectivity index (χ4v) is 2.10. The van der Waals surface area contributed by atoms with Gasteiger partial charge in [0, 0.05) is 32.6 Å². The Kier molecular flexibility index (Phi) is 13.2. The van der Waals surface area contributed by atoms with E-state index < -0.39 is 0 Å². The molecule has 0 aliphatic heterocycles. The molecular weight excluding hydrogens is 288 g/mol. The number of hydrogen-bond donors (Lipinski definition) is 2. The molecular formula is C18H36N4O. The zero-order valence-electron chi connectivity index (χ0n) is 15.5. The van der Waals surface area contributed by atoms with E-state index in [0.29, 0.717) is 13.0 Å². The summed E-state index contributed by atoms with van der Waals surface area (Å²) in [6, 6.07) is 0.234. The minimum atomic E-state index is 0.0750. The van der Waals surface area contributed by atoms with Crippen LogP contribution in [0.1, 0.15) is 59.3 Å². The summed E-state index contributed by atoms with van der Waals surface area (Å²) in [5.74, 6) is 0.957. The molecule has 0 saturated carbocycles. The summed E-state index contributed by atoms with van der Waals surface area (Å²) in [5.41, 5.74) is 0. The average Bonchev–Trinajstić information content (AvgIpc) is 2.53. The molecule has 0 aliphatic rings. The van der Waals surface area contributed by atoms with E-state index in [9.17, 15) is 4.79 Å². The minimum Gasteiger partial charge on any atom is -0.357 e. The van der Waals surface area contributed by atoms with Crippen molar-refractivity contribution in [3.05, 3.63) is 12.7 Å². The molecule has 0 heterocycles. The second-order valence-corrected chi connectivity index (χ2v) is 5.92. The number of guanidine groups is 1. The molecule has 0 aromatic rings. The Balaban J connectivity index is 4.19. The number of unbranched alkanes of at least 4 members (excludes halogenated alkanes) is 3. The first-order valence-corrected chi connectivity index (χ1v) is 8.94. The van der Waals surface area contributed by atoms with E-state index >= 15 is 0 Å². The lowest BCUT2D eigenvalue weighted by atomic mass is 10.2. The van der Waals surface area contributed by atoms with Gasteiger partial charge in [-0.1, -0.05) is 19.4 Å². The molecule has 0 spiro atoms. The molecule has 0 aliphatic carbocycles. The van der Waals surface area contributed by atoms with Crippen molar-refractivity contribution in [2.24, 2.45) is 4.99 Å². The Bertz CT molecular complexity index is 355. The van der Waals surface area contributed by atoms with E-state index in [2.05, 4.69) is 41.0 Å². The van der Waals surface area contributed by atoms with Gasteiger partial charge >= 0.3 is 0 Å². The summed E-state index contributed by atoms with van der Waals surface area (Å²) in [4.78, 5) is 18.5. The quantitative estimate of drug-likeness (QED) is 0.251. The van der Waals surface area contributed by atoms with Gasteiger partial charge in [0.2, 0.25) is 5.91 Å². The summed E-state index contributed by atoms with van der Waals surface area (Å²) in [7, 11) is 2.05. The van der Waals surface area contributed by atoms with Crippen molar-refractivity contribution in [1.82, 2.24) is 15.5 Å². The lowest BCUT2D eigenvalue weighted by Crippen LogP contribution is -2.39. The Morgan fingerprint density at radius 2 is 2.04 bits per heavy atom. The summed E-state index contributed by atoms with van der Waals surface area (Å²) in [6.45, 7) is 12.2. The predicted molar refractivity (Wildman–Crippen MR) is 99.8 cm³/mol. The zero-order valence-corrected chi connectivity index (χ0v) is 15.5. The van der Waals surface area contributed by atoms with Crippen LogP contribution < -0.4 is 10.6 Å². The number of rotatable bonds is 12. The Morgan fingerprint density at radius 1 is 1.30 bits per heavy atom. The van der Waals surface area contributed by atoms with Crippen LogP contribution >= 0.6 is 0 Å². The van der Waals surface area contributed by atoms with Gasteiger partial charge in [0.05, 0.1) is 6.54 Å². The van der Waals surface area contributed by atoms with E-state index in [1.54, 1.807) is 0 Å². The van der Waals surface area contributed by atoms with Crippen molar-refractivity contribution in [2.45, 2.75) is 65.3 Å². The van der Waals surface area contributed by atoms with Crippen LogP contribution in [0.3, 0.4) is 0 Å². The average molecular weight is 325 g/mol. The van der Waals surface area contributed by atoms with Gasteiger partial charge in [-0.05, 0) is 39.5 Å². The maximum absolute atomic E-state index is 11.8. The Morgan fingerprint density at radius 3 is 2.65 bits per heavy atom. The fraction of sp³-hybridized carbons (Fsp3) is 0.778. The molecule has 5 heteroatoms. The van der Waals surface area contributed by atoms with Gasteiger partial charge in [-0.2, -0.15) is 0 Å². The van der Waals surface area contributed by atoms with Crippen LogP contribution in [-0.4, -0.2) is 49.5 Å². The largest absolute Gasteiger partial charge is 0.357 e. The molecule has 5 nitrogen and oxygen atoms in total. The normalized spacial score (nSPS) is 12.6. The molecule has 1 amide bonds. The van der Waals surface area contributed by atoms with E-state index in [4.69, 9.17) is 0 Å². The molecule has 2 N–H and O–H groups in total. The lowest BCUT2D eigenvalue weighted by molar-refractivity contribution is -0.121. The van der Waals surface area contributed by atoms with Crippen LogP contribution in [0.25, 0.3) is 0 Å². The number of nitrogens with one attached hydrogen (secondary N) is 2. The van der Waals surface area contributed by atoms with E-state index in [0.717, 1.165) is 38.3 Å². The van der Waals surface area contributed by atoms with Crippen molar-refractivity contribution in [2.75, 3.05) is 26.7 Å². The number of carbonyl (C=O) groups excluding carboxylic acids is 1. The van der Waals surface area contributed by atoms with Gasteiger partial charge in [0.1, 0.15) is 0 Å². The first-order chi connectivity index (χ1) is 11.0. The monoisotopic (exact) mass is 324 g/mol. The summed E-state index contributed by atoms with van der Waals surface area (Å²) in [6.07, 6.45) is 7.98. The smallest absolute Gasteiger partial charge is 0.222 e. The molecule has 0 bridgehead atoms. The highest BCUT2D eigenvalue weighted by atomic mass is 16.1. The van der Waals surface area contributed by atoms with E-state index in [-0.39, 0.29) is 11.9 Å². The highest BCUT2D eigenvalue weighted by Gasteiger charge is 2.07. The lowest BCUT2D eigenvalue weighted by Gasteiger charge is -2.22. The van der Waals surface area contributed by atoms with Crippen LogP contribution in [0.4, 0.5) is 0 Å². The summed E-state index contributed by atoms with van der Waals surface area (Å²) < 4.78 is 0. The van der Waals surface area contributed by atoms with Crippen LogP contribution in [-0.2, 0) is 4.79 Å². The molecule has 1 unspecified atom stereocenters.